The summed E-state index contributed by atoms with van der Waals surface area (Å²) in [6.45, 7) is 6.03. The van der Waals surface area contributed by atoms with Crippen molar-refractivity contribution < 1.29 is 14.7 Å². The van der Waals surface area contributed by atoms with Crippen LogP contribution in [-0.4, -0.2) is 16.9 Å². The van der Waals surface area contributed by atoms with Gasteiger partial charge in [0.15, 0.2) is 0 Å². The van der Waals surface area contributed by atoms with E-state index in [2.05, 4.69) is 17.6 Å². The van der Waals surface area contributed by atoms with Crippen LogP contribution in [0.1, 0.15) is 123 Å². The molecule has 186 valence electrons. The van der Waals surface area contributed by atoms with Gasteiger partial charge in [-0.3, -0.25) is 9.59 Å². The summed E-state index contributed by atoms with van der Waals surface area (Å²) in [5.41, 5.74) is 0.750. The van der Waals surface area contributed by atoms with Crippen LogP contribution in [0.15, 0.2) is 6.07 Å². The Morgan fingerprint density at radius 1 is 1.00 bits per heavy atom. The number of unbranched alkanes of at least 4 members (excludes halogenated alkanes) is 12. The van der Waals surface area contributed by atoms with E-state index in [1.54, 1.807) is 0 Å². The summed E-state index contributed by atoms with van der Waals surface area (Å²) in [6, 6.07) is 1.51. The molecule has 0 saturated heterocycles. The first-order valence-corrected chi connectivity index (χ1v) is 13.3. The number of carbonyl (C=O) groups excluding carboxylic acids is 2. The molecule has 1 aromatic rings. The average Bonchev–Trinajstić information content (AvgIpc) is 2.74. The Bertz CT molecular complexity index is 792. The number of halogens is 1. The van der Waals surface area contributed by atoms with Crippen LogP contribution < -0.4 is 10.6 Å². The van der Waals surface area contributed by atoms with Gasteiger partial charge in [0.05, 0.1) is 16.4 Å². The molecule has 0 unspecified atom stereocenters. The minimum Gasteiger partial charge on any atom is -0.505 e. The van der Waals surface area contributed by atoms with E-state index in [1.807, 2.05) is 13.8 Å². The predicted molar refractivity (Wildman–Crippen MR) is 138 cm³/mol. The minimum atomic E-state index is -0.568. The summed E-state index contributed by atoms with van der Waals surface area (Å²) in [7, 11) is 0. The number of phenols is 1. The topological polar surface area (TPSA) is 78.4 Å². The molecule has 0 fully saturated rings. The highest BCUT2D eigenvalue weighted by molar-refractivity contribution is 6.34. The van der Waals surface area contributed by atoms with Crippen molar-refractivity contribution in [3.63, 3.8) is 0 Å². The SMILES string of the molecule is CCCCCCCCCCCCCCCC(=O)Nc1cc(Cl)c2c(c1O)C(C)(C)CC(=O)N2. The third-order valence-corrected chi connectivity index (χ3v) is 6.88. The van der Waals surface area contributed by atoms with Crippen molar-refractivity contribution in [1.82, 2.24) is 0 Å². The monoisotopic (exact) mass is 478 g/mol. The Balaban J connectivity index is 1.66. The first kappa shape index (κ1) is 27.5. The van der Waals surface area contributed by atoms with E-state index in [0.29, 0.717) is 28.4 Å². The Hall–Kier alpha value is -1.75. The van der Waals surface area contributed by atoms with E-state index in [9.17, 15) is 14.7 Å². The van der Waals surface area contributed by atoms with Gasteiger partial charge in [-0.25, -0.2) is 0 Å². The molecule has 1 aromatic carbocycles. The molecule has 1 heterocycles. The lowest BCUT2D eigenvalue weighted by molar-refractivity contribution is -0.118. The van der Waals surface area contributed by atoms with Crippen LogP contribution in [0.2, 0.25) is 5.02 Å². The molecular weight excluding hydrogens is 436 g/mol. The van der Waals surface area contributed by atoms with Crippen LogP contribution in [-0.2, 0) is 15.0 Å². The lowest BCUT2D eigenvalue weighted by atomic mass is 9.77. The lowest BCUT2D eigenvalue weighted by Crippen LogP contribution is -2.33. The van der Waals surface area contributed by atoms with Crippen molar-refractivity contribution >= 4 is 34.8 Å². The average molecular weight is 479 g/mol. The van der Waals surface area contributed by atoms with Gasteiger partial charge in [0, 0.05) is 23.8 Å². The van der Waals surface area contributed by atoms with Gasteiger partial charge >= 0.3 is 0 Å². The van der Waals surface area contributed by atoms with Gasteiger partial charge in [-0.2, -0.15) is 0 Å². The molecule has 1 aliphatic heterocycles. The zero-order valence-electron chi connectivity index (χ0n) is 20.8. The molecule has 6 heteroatoms. The van der Waals surface area contributed by atoms with Crippen molar-refractivity contribution in [2.75, 3.05) is 10.6 Å². The van der Waals surface area contributed by atoms with E-state index in [0.717, 1.165) is 19.3 Å². The van der Waals surface area contributed by atoms with Gasteiger partial charge in [0.1, 0.15) is 5.75 Å². The third-order valence-electron chi connectivity index (χ3n) is 6.58. The fourth-order valence-corrected chi connectivity index (χ4v) is 4.96. The van der Waals surface area contributed by atoms with Crippen molar-refractivity contribution in [3.05, 3.63) is 16.7 Å². The van der Waals surface area contributed by atoms with Crippen molar-refractivity contribution in [2.45, 2.75) is 122 Å². The van der Waals surface area contributed by atoms with Crippen molar-refractivity contribution in [2.24, 2.45) is 0 Å². The number of amides is 2. The largest absolute Gasteiger partial charge is 0.505 e. The molecule has 2 amide bonds. The number of nitrogens with one attached hydrogen (secondary N) is 2. The quantitative estimate of drug-likeness (QED) is 0.176. The molecule has 5 nitrogen and oxygen atoms in total. The summed E-state index contributed by atoms with van der Waals surface area (Å²) < 4.78 is 0. The van der Waals surface area contributed by atoms with Crippen molar-refractivity contribution in [1.29, 1.82) is 0 Å². The standard InChI is InChI=1S/C27H43ClN2O3/c1-4-5-6-7-8-9-10-11-12-13-14-15-16-17-22(31)29-21-18-20(28)25-24(26(21)33)27(2,3)19-23(32)30-25/h18,33H,4-17,19H2,1-3H3,(H,29,31)(H,30,32). The Labute approximate surface area is 205 Å². The number of carbonyl (C=O) groups is 2. The highest BCUT2D eigenvalue weighted by Crippen LogP contribution is 2.49. The number of rotatable bonds is 15. The molecule has 0 bridgehead atoms. The van der Waals surface area contributed by atoms with Gasteiger partial charge in [0.25, 0.3) is 0 Å². The van der Waals surface area contributed by atoms with Gasteiger partial charge in [-0.15, -0.1) is 0 Å². The number of aromatic hydroxyl groups is 1. The molecule has 0 aliphatic carbocycles. The maximum Gasteiger partial charge on any atom is 0.225 e. The molecule has 0 atom stereocenters. The van der Waals surface area contributed by atoms with Gasteiger partial charge in [-0.1, -0.05) is 109 Å². The maximum atomic E-state index is 12.4. The van der Waals surface area contributed by atoms with Crippen LogP contribution in [0.4, 0.5) is 11.4 Å². The number of hydrogen-bond donors (Lipinski definition) is 3. The Morgan fingerprint density at radius 2 is 1.52 bits per heavy atom. The summed E-state index contributed by atoms with van der Waals surface area (Å²) in [6.07, 6.45) is 17.1. The van der Waals surface area contributed by atoms with Crippen LogP contribution in [0.25, 0.3) is 0 Å². The molecule has 33 heavy (non-hydrogen) atoms. The minimum absolute atomic E-state index is 0.0156. The molecule has 3 N–H and O–H groups in total. The van der Waals surface area contributed by atoms with E-state index < -0.39 is 5.41 Å². The van der Waals surface area contributed by atoms with Gasteiger partial charge in [0.2, 0.25) is 11.8 Å². The Morgan fingerprint density at radius 3 is 2.06 bits per heavy atom. The fraction of sp³-hybridized carbons (Fsp3) is 0.704. The zero-order valence-corrected chi connectivity index (χ0v) is 21.6. The van der Waals surface area contributed by atoms with Crippen LogP contribution in [0, 0.1) is 0 Å². The smallest absolute Gasteiger partial charge is 0.225 e. The molecular formula is C27H43ClN2O3. The second kappa shape index (κ2) is 13.8. The first-order chi connectivity index (χ1) is 15.8. The number of hydrogen-bond acceptors (Lipinski definition) is 3. The number of benzene rings is 1. The maximum absolute atomic E-state index is 12.4. The molecule has 0 radical (unpaired) electrons. The van der Waals surface area contributed by atoms with E-state index in [4.69, 9.17) is 11.6 Å². The number of phenolic OH excluding ortho intramolecular Hbond substituents is 1. The number of fused-ring (bicyclic) bond motifs is 1. The summed E-state index contributed by atoms with van der Waals surface area (Å²) in [4.78, 5) is 24.4. The van der Waals surface area contributed by atoms with E-state index >= 15 is 0 Å². The van der Waals surface area contributed by atoms with Crippen molar-refractivity contribution in [3.8, 4) is 5.75 Å². The first-order valence-electron chi connectivity index (χ1n) is 12.9. The van der Waals surface area contributed by atoms with E-state index in [1.165, 1.54) is 70.3 Å². The molecule has 0 aromatic heterocycles. The zero-order chi connectivity index (χ0) is 24.3. The van der Waals surface area contributed by atoms with Crippen LogP contribution in [0.5, 0.6) is 5.75 Å². The van der Waals surface area contributed by atoms with Gasteiger partial charge < -0.3 is 15.7 Å². The molecule has 2 rings (SSSR count). The molecule has 0 spiro atoms. The summed E-state index contributed by atoms with van der Waals surface area (Å²) in [5.74, 6) is -0.270. The summed E-state index contributed by atoms with van der Waals surface area (Å²) in [5, 5.41) is 16.7. The van der Waals surface area contributed by atoms with Crippen LogP contribution in [0.3, 0.4) is 0 Å². The second-order valence-electron chi connectivity index (χ2n) is 10.2. The summed E-state index contributed by atoms with van der Waals surface area (Å²) >= 11 is 6.35. The predicted octanol–water partition coefficient (Wildman–Crippen LogP) is 8.09. The van der Waals surface area contributed by atoms with Gasteiger partial charge in [-0.05, 0) is 12.5 Å². The normalized spacial score (nSPS) is 14.6. The number of anilines is 2. The van der Waals surface area contributed by atoms with E-state index in [-0.39, 0.29) is 24.0 Å². The lowest BCUT2D eigenvalue weighted by Gasteiger charge is -2.34. The Kier molecular flexibility index (Phi) is 11.5. The molecule has 0 saturated carbocycles. The van der Waals surface area contributed by atoms with Crippen LogP contribution >= 0.6 is 11.6 Å². The highest BCUT2D eigenvalue weighted by atomic mass is 35.5. The third kappa shape index (κ3) is 8.84. The second-order valence-corrected chi connectivity index (χ2v) is 10.6. The highest BCUT2D eigenvalue weighted by Gasteiger charge is 2.37. The molecule has 1 aliphatic rings. The fourth-order valence-electron chi connectivity index (χ4n) is 4.71.